The molecule has 0 saturated heterocycles. The van der Waals surface area contributed by atoms with Crippen LogP contribution in [0, 0.1) is 6.92 Å². The molecule has 9 heteroatoms. The minimum atomic E-state index is -0.404. The number of ether oxygens (including phenoxy) is 1. The van der Waals surface area contributed by atoms with E-state index in [9.17, 15) is 4.79 Å². The van der Waals surface area contributed by atoms with Crippen LogP contribution in [0.25, 0.3) is 0 Å². The third-order valence-corrected chi connectivity index (χ3v) is 4.34. The van der Waals surface area contributed by atoms with E-state index in [-0.39, 0.29) is 0 Å². The molecule has 1 heterocycles. The third-order valence-electron chi connectivity index (χ3n) is 4.11. The second-order valence-corrected chi connectivity index (χ2v) is 7.12. The van der Waals surface area contributed by atoms with Crippen molar-refractivity contribution in [3.05, 3.63) is 59.4 Å². The van der Waals surface area contributed by atoms with Gasteiger partial charge in [-0.2, -0.15) is 0 Å². The van der Waals surface area contributed by atoms with Crippen molar-refractivity contribution in [3.8, 4) is 5.75 Å². The molecule has 0 bridgehead atoms. The number of nitrogens with zero attached hydrogens (tertiary/aromatic N) is 3. The Hall–Kier alpha value is -3.52. The normalized spacial score (nSPS) is 10.3. The topological polar surface area (TPSA) is 91.4 Å². The minimum Gasteiger partial charge on any atom is -0.495 e. The Morgan fingerprint density at radius 3 is 2.37 bits per heavy atom. The van der Waals surface area contributed by atoms with Gasteiger partial charge in [0.05, 0.1) is 12.8 Å². The number of aryl methyl sites for hydroxylation is 1. The molecular weight excluding hydrogens is 404 g/mol. The highest BCUT2D eigenvalue weighted by Crippen LogP contribution is 2.28. The fraction of sp³-hybridized carbons (Fsp3) is 0.190. The van der Waals surface area contributed by atoms with E-state index in [2.05, 4.69) is 25.9 Å². The fourth-order valence-electron chi connectivity index (χ4n) is 2.69. The molecule has 0 aliphatic carbocycles. The van der Waals surface area contributed by atoms with Crippen LogP contribution < -0.4 is 25.6 Å². The Morgan fingerprint density at radius 1 is 1.00 bits per heavy atom. The van der Waals surface area contributed by atoms with E-state index in [1.165, 1.54) is 7.11 Å². The number of halogens is 1. The standard InChI is InChI=1S/C21H23ClN6O2/c1-13-23-19(12-20(24-13)28(2)3)25-15-6-8-16(9-7-15)26-21(29)27-17-11-14(22)5-10-18(17)30-4/h5-12H,1-4H3,(H,23,24,25)(H2,26,27,29). The molecule has 0 spiro atoms. The molecule has 0 aliphatic heterocycles. The predicted octanol–water partition coefficient (Wildman–Crippen LogP) is 4.90. The molecule has 0 unspecified atom stereocenters. The first-order valence-electron chi connectivity index (χ1n) is 9.15. The van der Waals surface area contributed by atoms with Gasteiger partial charge in [-0.1, -0.05) is 11.6 Å². The van der Waals surface area contributed by atoms with Gasteiger partial charge in [-0.15, -0.1) is 0 Å². The highest BCUT2D eigenvalue weighted by molar-refractivity contribution is 6.31. The molecule has 3 N–H and O–H groups in total. The first kappa shape index (κ1) is 21.2. The smallest absolute Gasteiger partial charge is 0.323 e. The van der Waals surface area contributed by atoms with Gasteiger partial charge in [0.2, 0.25) is 0 Å². The summed E-state index contributed by atoms with van der Waals surface area (Å²) in [5.74, 6) is 2.70. The van der Waals surface area contributed by atoms with Crippen molar-refractivity contribution in [1.29, 1.82) is 0 Å². The maximum absolute atomic E-state index is 12.3. The first-order valence-corrected chi connectivity index (χ1v) is 9.53. The summed E-state index contributed by atoms with van der Waals surface area (Å²) in [5, 5.41) is 9.25. The maximum Gasteiger partial charge on any atom is 0.323 e. The number of carbonyl (C=O) groups is 1. The zero-order chi connectivity index (χ0) is 21.7. The van der Waals surface area contributed by atoms with Crippen LogP contribution in [0.2, 0.25) is 5.02 Å². The van der Waals surface area contributed by atoms with Crippen LogP contribution in [-0.4, -0.2) is 37.2 Å². The lowest BCUT2D eigenvalue weighted by molar-refractivity contribution is 0.262. The number of hydrogen-bond acceptors (Lipinski definition) is 6. The van der Waals surface area contributed by atoms with Gasteiger partial charge in [-0.3, -0.25) is 0 Å². The molecule has 0 radical (unpaired) electrons. The summed E-state index contributed by atoms with van der Waals surface area (Å²) in [6.45, 7) is 1.85. The second kappa shape index (κ2) is 9.32. The average molecular weight is 427 g/mol. The number of aromatic nitrogens is 2. The summed E-state index contributed by atoms with van der Waals surface area (Å²) in [7, 11) is 5.38. The Morgan fingerprint density at radius 2 is 1.70 bits per heavy atom. The zero-order valence-electron chi connectivity index (χ0n) is 17.2. The molecule has 0 aliphatic rings. The van der Waals surface area contributed by atoms with Crippen molar-refractivity contribution in [1.82, 2.24) is 9.97 Å². The molecule has 8 nitrogen and oxygen atoms in total. The Labute approximate surface area is 180 Å². The van der Waals surface area contributed by atoms with Crippen LogP contribution >= 0.6 is 11.6 Å². The largest absolute Gasteiger partial charge is 0.495 e. The second-order valence-electron chi connectivity index (χ2n) is 6.68. The van der Waals surface area contributed by atoms with Crippen molar-refractivity contribution in [2.75, 3.05) is 42.1 Å². The molecule has 2 amide bonds. The summed E-state index contributed by atoms with van der Waals surface area (Å²) in [4.78, 5) is 23.0. The van der Waals surface area contributed by atoms with E-state index in [1.54, 1.807) is 30.3 Å². The van der Waals surface area contributed by atoms with Crippen molar-refractivity contribution in [2.45, 2.75) is 6.92 Å². The van der Waals surface area contributed by atoms with Gasteiger partial charge in [-0.05, 0) is 49.4 Å². The number of carbonyl (C=O) groups excluding carboxylic acids is 1. The summed E-state index contributed by atoms with van der Waals surface area (Å²) in [6, 6.07) is 13.7. The van der Waals surface area contributed by atoms with Crippen LogP contribution in [0.3, 0.4) is 0 Å². The number of hydrogen-bond donors (Lipinski definition) is 3. The SMILES string of the molecule is COc1ccc(Cl)cc1NC(=O)Nc1ccc(Nc2cc(N(C)C)nc(C)n2)cc1. The van der Waals surface area contributed by atoms with Crippen LogP contribution in [0.4, 0.5) is 33.5 Å². The fourth-order valence-corrected chi connectivity index (χ4v) is 2.86. The molecular formula is C21H23ClN6O2. The molecule has 0 fully saturated rings. The highest BCUT2D eigenvalue weighted by Gasteiger charge is 2.09. The number of benzene rings is 2. The lowest BCUT2D eigenvalue weighted by atomic mass is 10.2. The van der Waals surface area contributed by atoms with Crippen molar-refractivity contribution < 1.29 is 9.53 Å². The molecule has 0 saturated carbocycles. The maximum atomic E-state index is 12.3. The molecule has 3 rings (SSSR count). The van der Waals surface area contributed by atoms with Gasteiger partial charge in [0, 0.05) is 36.6 Å². The molecule has 0 atom stereocenters. The van der Waals surface area contributed by atoms with E-state index in [0.717, 1.165) is 11.5 Å². The van der Waals surface area contributed by atoms with E-state index in [4.69, 9.17) is 16.3 Å². The minimum absolute atomic E-state index is 0.404. The number of amides is 2. The lowest BCUT2D eigenvalue weighted by Gasteiger charge is -2.14. The first-order chi connectivity index (χ1) is 14.3. The summed E-state index contributed by atoms with van der Waals surface area (Å²) in [6.07, 6.45) is 0. The van der Waals surface area contributed by atoms with Crippen LogP contribution in [-0.2, 0) is 0 Å². The average Bonchev–Trinajstić information content (AvgIpc) is 2.69. The van der Waals surface area contributed by atoms with E-state index in [0.29, 0.717) is 33.8 Å². The highest BCUT2D eigenvalue weighted by atomic mass is 35.5. The van der Waals surface area contributed by atoms with E-state index < -0.39 is 6.03 Å². The Balaban J connectivity index is 1.65. The van der Waals surface area contributed by atoms with Crippen molar-refractivity contribution in [3.63, 3.8) is 0 Å². The number of nitrogens with one attached hydrogen (secondary N) is 3. The van der Waals surface area contributed by atoms with Gasteiger partial charge < -0.3 is 25.6 Å². The van der Waals surface area contributed by atoms with Crippen molar-refractivity contribution in [2.24, 2.45) is 0 Å². The molecule has 1 aromatic heterocycles. The summed E-state index contributed by atoms with van der Waals surface area (Å²) in [5.41, 5.74) is 1.95. The molecule has 2 aromatic carbocycles. The van der Waals surface area contributed by atoms with Crippen LogP contribution in [0.5, 0.6) is 5.75 Å². The third kappa shape index (κ3) is 5.51. The Bertz CT molecular complexity index is 1040. The zero-order valence-corrected chi connectivity index (χ0v) is 17.9. The van der Waals surface area contributed by atoms with E-state index in [1.807, 2.05) is 44.1 Å². The van der Waals surface area contributed by atoms with Crippen molar-refractivity contribution >= 4 is 46.3 Å². The summed E-state index contributed by atoms with van der Waals surface area (Å²) < 4.78 is 5.23. The van der Waals surface area contributed by atoms with E-state index >= 15 is 0 Å². The summed E-state index contributed by atoms with van der Waals surface area (Å²) >= 11 is 5.99. The molecule has 156 valence electrons. The quantitative estimate of drug-likeness (QED) is 0.519. The predicted molar refractivity (Wildman–Crippen MR) is 121 cm³/mol. The van der Waals surface area contributed by atoms with Crippen LogP contribution in [0.15, 0.2) is 48.5 Å². The number of anilines is 5. The lowest BCUT2D eigenvalue weighted by Crippen LogP contribution is -2.19. The van der Waals surface area contributed by atoms with Gasteiger partial charge in [-0.25, -0.2) is 14.8 Å². The monoisotopic (exact) mass is 426 g/mol. The van der Waals surface area contributed by atoms with Gasteiger partial charge in [0.25, 0.3) is 0 Å². The van der Waals surface area contributed by atoms with Gasteiger partial charge in [0.1, 0.15) is 23.2 Å². The number of urea groups is 1. The molecule has 30 heavy (non-hydrogen) atoms. The van der Waals surface area contributed by atoms with Gasteiger partial charge >= 0.3 is 6.03 Å². The van der Waals surface area contributed by atoms with Crippen LogP contribution in [0.1, 0.15) is 5.82 Å². The molecule has 3 aromatic rings. The Kier molecular flexibility index (Phi) is 6.58. The number of rotatable bonds is 6. The number of methoxy groups -OCH3 is 1. The van der Waals surface area contributed by atoms with Gasteiger partial charge in [0.15, 0.2) is 0 Å².